The number of halogens is 2. The summed E-state index contributed by atoms with van der Waals surface area (Å²) in [6.07, 6.45) is -0.723. The van der Waals surface area contributed by atoms with Crippen LogP contribution in [-0.4, -0.2) is 56.2 Å². The third kappa shape index (κ3) is 1.45. The maximum absolute atomic E-state index is 12.1. The van der Waals surface area contributed by atoms with E-state index in [9.17, 15) is 14.4 Å². The van der Waals surface area contributed by atoms with Gasteiger partial charge in [0.25, 0.3) is 0 Å². The van der Waals surface area contributed by atoms with Gasteiger partial charge in [-0.1, -0.05) is 31.9 Å². The molecule has 0 aliphatic carbocycles. The van der Waals surface area contributed by atoms with Crippen LogP contribution in [0.25, 0.3) is 0 Å². The molecule has 6 nitrogen and oxygen atoms in total. The molecule has 0 saturated carbocycles. The molecule has 18 heavy (non-hydrogen) atoms. The van der Waals surface area contributed by atoms with Gasteiger partial charge in [0.15, 0.2) is 0 Å². The number of carboxylic acid groups (broad SMARTS) is 1. The molecular formula is C10H9Br2NO5. The summed E-state index contributed by atoms with van der Waals surface area (Å²) in [7, 11) is 0. The van der Waals surface area contributed by atoms with Gasteiger partial charge in [-0.15, -0.1) is 0 Å². The highest BCUT2D eigenvalue weighted by atomic mass is 79.9. The molecular weight excluding hydrogens is 374 g/mol. The second-order valence-corrected chi connectivity index (χ2v) is 6.78. The second kappa shape index (κ2) is 4.01. The van der Waals surface area contributed by atoms with Gasteiger partial charge in [0.2, 0.25) is 11.8 Å². The molecule has 3 fully saturated rings. The minimum atomic E-state index is -1.18. The predicted molar refractivity (Wildman–Crippen MR) is 65.4 cm³/mol. The Bertz CT molecular complexity index is 424. The van der Waals surface area contributed by atoms with E-state index in [1.54, 1.807) is 0 Å². The van der Waals surface area contributed by atoms with E-state index in [1.165, 1.54) is 0 Å². The average molecular weight is 383 g/mol. The zero-order valence-electron chi connectivity index (χ0n) is 8.95. The van der Waals surface area contributed by atoms with Crippen molar-refractivity contribution in [1.29, 1.82) is 0 Å². The number of ether oxygens (including phenoxy) is 1. The number of hydrogen-bond donors (Lipinski definition) is 1. The van der Waals surface area contributed by atoms with Crippen molar-refractivity contribution < 1.29 is 24.2 Å². The number of carbonyl (C=O) groups is 3. The van der Waals surface area contributed by atoms with Crippen LogP contribution in [0.15, 0.2) is 0 Å². The lowest BCUT2D eigenvalue weighted by Crippen LogP contribution is -2.42. The summed E-state index contributed by atoms with van der Waals surface area (Å²) in [5.41, 5.74) is 0. The Hall–Kier alpha value is -0.470. The van der Waals surface area contributed by atoms with E-state index in [4.69, 9.17) is 9.84 Å². The van der Waals surface area contributed by atoms with Crippen molar-refractivity contribution in [2.75, 3.05) is 6.54 Å². The van der Waals surface area contributed by atoms with Crippen molar-refractivity contribution in [2.24, 2.45) is 11.8 Å². The zero-order chi connectivity index (χ0) is 13.2. The summed E-state index contributed by atoms with van der Waals surface area (Å²) in [6.45, 7) is -0.565. The van der Waals surface area contributed by atoms with Crippen LogP contribution >= 0.6 is 31.9 Å². The Morgan fingerprint density at radius 3 is 2.00 bits per heavy atom. The second-order valence-electron chi connectivity index (χ2n) is 4.66. The average Bonchev–Trinajstić information content (AvgIpc) is 2.88. The lowest BCUT2D eigenvalue weighted by Gasteiger charge is -2.24. The maximum atomic E-state index is 12.1. The third-order valence-corrected chi connectivity index (χ3v) is 6.63. The number of carbonyl (C=O) groups excluding carboxylic acids is 2. The Morgan fingerprint density at radius 1 is 1.17 bits per heavy atom. The number of likely N-dealkylation sites (tertiary alicyclic amines) is 1. The molecule has 0 radical (unpaired) electrons. The van der Waals surface area contributed by atoms with Gasteiger partial charge >= 0.3 is 5.97 Å². The number of alkyl halides is 2. The van der Waals surface area contributed by atoms with Crippen LogP contribution in [0.4, 0.5) is 0 Å². The fourth-order valence-electron chi connectivity index (χ4n) is 3.02. The quantitative estimate of drug-likeness (QED) is 0.536. The highest BCUT2D eigenvalue weighted by Gasteiger charge is 2.68. The van der Waals surface area contributed by atoms with Crippen LogP contribution in [0.2, 0.25) is 0 Å². The lowest BCUT2D eigenvalue weighted by molar-refractivity contribution is -0.151. The molecule has 3 aliphatic heterocycles. The molecule has 98 valence electrons. The van der Waals surface area contributed by atoms with E-state index in [-0.39, 0.29) is 21.9 Å². The fraction of sp³-hybridized carbons (Fsp3) is 0.700. The van der Waals surface area contributed by atoms with E-state index in [0.29, 0.717) is 0 Å². The molecule has 0 unspecified atom stereocenters. The zero-order valence-corrected chi connectivity index (χ0v) is 12.1. The van der Waals surface area contributed by atoms with E-state index >= 15 is 0 Å². The van der Waals surface area contributed by atoms with Gasteiger partial charge in [-0.25, -0.2) is 0 Å². The van der Waals surface area contributed by atoms with Crippen molar-refractivity contribution >= 4 is 49.6 Å². The first-order valence-electron chi connectivity index (χ1n) is 5.44. The molecule has 3 heterocycles. The number of rotatable bonds is 2. The molecule has 6 atom stereocenters. The molecule has 3 aliphatic rings. The van der Waals surface area contributed by atoms with Crippen LogP contribution in [0, 0.1) is 11.8 Å². The summed E-state index contributed by atoms with van der Waals surface area (Å²) < 4.78 is 5.65. The molecule has 0 spiro atoms. The van der Waals surface area contributed by atoms with E-state index in [0.717, 1.165) is 4.90 Å². The van der Waals surface area contributed by atoms with Crippen molar-refractivity contribution in [2.45, 2.75) is 21.9 Å². The third-order valence-electron chi connectivity index (χ3n) is 3.74. The first-order valence-corrected chi connectivity index (χ1v) is 7.27. The van der Waals surface area contributed by atoms with E-state index in [1.807, 2.05) is 0 Å². The number of hydrogen-bond acceptors (Lipinski definition) is 4. The van der Waals surface area contributed by atoms with Crippen molar-refractivity contribution in [1.82, 2.24) is 4.90 Å². The van der Waals surface area contributed by atoms with Crippen LogP contribution in [0.3, 0.4) is 0 Å². The molecule has 2 bridgehead atoms. The summed E-state index contributed by atoms with van der Waals surface area (Å²) >= 11 is 6.89. The van der Waals surface area contributed by atoms with Crippen LogP contribution in [0.1, 0.15) is 0 Å². The molecule has 8 heteroatoms. The van der Waals surface area contributed by atoms with Gasteiger partial charge in [0.05, 0.1) is 33.7 Å². The van der Waals surface area contributed by atoms with Crippen LogP contribution in [0.5, 0.6) is 0 Å². The number of aliphatic carboxylic acids is 1. The van der Waals surface area contributed by atoms with Gasteiger partial charge < -0.3 is 9.84 Å². The normalized spacial score (nSPS) is 45.8. The van der Waals surface area contributed by atoms with Crippen molar-refractivity contribution in [3.63, 3.8) is 0 Å². The molecule has 3 rings (SSSR count). The Balaban J connectivity index is 1.92. The largest absolute Gasteiger partial charge is 0.480 e. The van der Waals surface area contributed by atoms with Gasteiger partial charge in [-0.05, 0) is 0 Å². The highest BCUT2D eigenvalue weighted by Crippen LogP contribution is 2.52. The highest BCUT2D eigenvalue weighted by molar-refractivity contribution is 9.12. The maximum Gasteiger partial charge on any atom is 0.323 e. The topological polar surface area (TPSA) is 83.9 Å². The number of imide groups is 1. The number of nitrogens with zero attached hydrogens (tertiary/aromatic N) is 1. The molecule has 0 aromatic carbocycles. The monoisotopic (exact) mass is 381 g/mol. The van der Waals surface area contributed by atoms with E-state index < -0.39 is 36.2 Å². The summed E-state index contributed by atoms with van der Waals surface area (Å²) in [4.78, 5) is 35.6. The Morgan fingerprint density at radius 2 is 1.61 bits per heavy atom. The Kier molecular flexibility index (Phi) is 2.80. The standard InChI is InChI=1S/C10H9Br2NO5/c11-5-6(12)8-4-3(7(5)18-8)9(16)13(10(4)17)1-2(14)15/h3-8H,1H2,(H,14,15)/t3-,4-,5-,6+,7-,8-/m1/s1. The van der Waals surface area contributed by atoms with Crippen molar-refractivity contribution in [3.05, 3.63) is 0 Å². The van der Waals surface area contributed by atoms with Gasteiger partial charge in [-0.2, -0.15) is 0 Å². The summed E-state index contributed by atoms with van der Waals surface area (Å²) in [5, 5.41) is 8.73. The number of amides is 2. The smallest absolute Gasteiger partial charge is 0.323 e. The van der Waals surface area contributed by atoms with Gasteiger partial charge in [0.1, 0.15) is 6.54 Å². The number of fused-ring (bicyclic) bond motifs is 5. The minimum absolute atomic E-state index is 0.0368. The molecule has 1 N–H and O–H groups in total. The first kappa shape index (κ1) is 12.6. The van der Waals surface area contributed by atoms with Crippen LogP contribution < -0.4 is 0 Å². The molecule has 0 aromatic rings. The fourth-order valence-corrected chi connectivity index (χ4v) is 4.52. The molecule has 0 aromatic heterocycles. The van der Waals surface area contributed by atoms with E-state index in [2.05, 4.69) is 31.9 Å². The minimum Gasteiger partial charge on any atom is -0.480 e. The predicted octanol–water partition coefficient (Wildman–Crippen LogP) is -0.0198. The van der Waals surface area contributed by atoms with Gasteiger partial charge in [-0.3, -0.25) is 19.3 Å². The molecule has 2 amide bonds. The Labute approximate surface area is 119 Å². The number of carboxylic acids is 1. The van der Waals surface area contributed by atoms with Gasteiger partial charge in [0, 0.05) is 0 Å². The summed E-state index contributed by atoms with van der Waals surface area (Å²) in [6, 6.07) is 0. The summed E-state index contributed by atoms with van der Waals surface area (Å²) in [5.74, 6) is -3.12. The molecule has 3 saturated heterocycles. The van der Waals surface area contributed by atoms with Crippen LogP contribution in [-0.2, 0) is 19.1 Å². The van der Waals surface area contributed by atoms with Crippen molar-refractivity contribution in [3.8, 4) is 0 Å². The lowest BCUT2D eigenvalue weighted by atomic mass is 9.81. The first-order chi connectivity index (χ1) is 8.43. The SMILES string of the molecule is O=C(O)CN1C(=O)[C@H]2[C@H]3O[C@@H]([C@@H](Br)[C@H]3Br)[C@@H]2C1=O.